The fourth-order valence-corrected chi connectivity index (χ4v) is 3.21. The number of anilines is 2. The minimum absolute atomic E-state index is 0.590. The zero-order valence-electron chi connectivity index (χ0n) is 14.4. The molecule has 2 aromatic rings. The van der Waals surface area contributed by atoms with E-state index in [0.29, 0.717) is 5.92 Å². The van der Waals surface area contributed by atoms with Crippen LogP contribution in [0.5, 0.6) is 0 Å². The summed E-state index contributed by atoms with van der Waals surface area (Å²) in [6.07, 6.45) is 5.43. The molecule has 3 rings (SSSR count). The Morgan fingerprint density at radius 2 is 1.96 bits per heavy atom. The molecular weight excluding hydrogens is 284 g/mol. The lowest BCUT2D eigenvalue weighted by atomic mass is 9.90. The van der Waals surface area contributed by atoms with E-state index in [1.165, 1.54) is 24.0 Å². The second-order valence-corrected chi connectivity index (χ2v) is 6.49. The molecule has 1 unspecified atom stereocenters. The van der Waals surface area contributed by atoms with E-state index in [-0.39, 0.29) is 0 Å². The minimum Gasteiger partial charge on any atom is -0.356 e. The third-order valence-electron chi connectivity index (χ3n) is 4.63. The first-order valence-electron chi connectivity index (χ1n) is 8.51. The number of piperidine rings is 1. The van der Waals surface area contributed by atoms with Gasteiger partial charge in [-0.1, -0.05) is 31.2 Å². The zero-order valence-corrected chi connectivity index (χ0v) is 14.4. The van der Waals surface area contributed by atoms with Gasteiger partial charge in [-0.2, -0.15) is 4.98 Å². The maximum absolute atomic E-state index is 4.69. The van der Waals surface area contributed by atoms with Crippen LogP contribution < -0.4 is 9.80 Å². The molecule has 4 nitrogen and oxygen atoms in total. The topological polar surface area (TPSA) is 32.3 Å². The molecule has 0 N–H and O–H groups in total. The highest BCUT2D eigenvalue weighted by Gasteiger charge is 2.22. The second kappa shape index (κ2) is 6.99. The van der Waals surface area contributed by atoms with Crippen LogP contribution in [0.15, 0.2) is 36.5 Å². The van der Waals surface area contributed by atoms with Gasteiger partial charge >= 0.3 is 0 Å². The third kappa shape index (κ3) is 3.63. The zero-order chi connectivity index (χ0) is 16.2. The van der Waals surface area contributed by atoms with Gasteiger partial charge in [0.2, 0.25) is 5.95 Å². The fourth-order valence-electron chi connectivity index (χ4n) is 3.21. The maximum atomic E-state index is 4.69. The van der Waals surface area contributed by atoms with Gasteiger partial charge in [0.25, 0.3) is 0 Å². The lowest BCUT2D eigenvalue weighted by molar-refractivity contribution is 0.507. The van der Waals surface area contributed by atoms with Crippen LogP contribution in [0.25, 0.3) is 0 Å². The summed E-state index contributed by atoms with van der Waals surface area (Å²) in [6.45, 7) is 4.32. The molecule has 0 saturated carbocycles. The Morgan fingerprint density at radius 1 is 1.17 bits per heavy atom. The number of rotatable bonds is 4. The highest BCUT2D eigenvalue weighted by molar-refractivity contribution is 5.44. The summed E-state index contributed by atoms with van der Waals surface area (Å²) in [5.41, 5.74) is 2.86. The number of hydrogen-bond donors (Lipinski definition) is 0. The van der Waals surface area contributed by atoms with Crippen LogP contribution in [0.4, 0.5) is 11.8 Å². The van der Waals surface area contributed by atoms with E-state index in [4.69, 9.17) is 4.98 Å². The molecule has 0 spiro atoms. The normalized spacial score (nSPS) is 18.0. The van der Waals surface area contributed by atoms with E-state index in [1.54, 1.807) is 0 Å². The second-order valence-electron chi connectivity index (χ2n) is 6.49. The minimum atomic E-state index is 0.590. The summed E-state index contributed by atoms with van der Waals surface area (Å²) in [4.78, 5) is 13.4. The molecule has 1 atom stereocenters. The Bertz CT molecular complexity index is 636. The summed E-state index contributed by atoms with van der Waals surface area (Å²) in [7, 11) is 3.96. The van der Waals surface area contributed by atoms with Crippen molar-refractivity contribution in [2.24, 2.45) is 0 Å². The van der Waals surface area contributed by atoms with Gasteiger partial charge < -0.3 is 9.80 Å². The largest absolute Gasteiger partial charge is 0.356 e. The van der Waals surface area contributed by atoms with Crippen molar-refractivity contribution in [1.29, 1.82) is 0 Å². The molecule has 0 radical (unpaired) electrons. The van der Waals surface area contributed by atoms with Crippen LogP contribution in [0.2, 0.25) is 0 Å². The molecule has 23 heavy (non-hydrogen) atoms. The summed E-state index contributed by atoms with van der Waals surface area (Å²) in [6, 6.07) is 11.2. The molecule has 0 bridgehead atoms. The summed E-state index contributed by atoms with van der Waals surface area (Å²) in [5, 5.41) is 0. The van der Waals surface area contributed by atoms with Gasteiger partial charge in [0.15, 0.2) is 0 Å². The van der Waals surface area contributed by atoms with E-state index in [2.05, 4.69) is 41.1 Å². The van der Waals surface area contributed by atoms with Gasteiger partial charge in [-0.15, -0.1) is 0 Å². The summed E-state index contributed by atoms with van der Waals surface area (Å²) < 4.78 is 0. The summed E-state index contributed by atoms with van der Waals surface area (Å²) in [5.74, 6) is 2.41. The average Bonchev–Trinajstić information content (AvgIpc) is 2.62. The molecule has 1 saturated heterocycles. The smallest absolute Gasteiger partial charge is 0.226 e. The average molecular weight is 310 g/mol. The van der Waals surface area contributed by atoms with E-state index < -0.39 is 0 Å². The molecule has 1 aromatic carbocycles. The highest BCUT2D eigenvalue weighted by Crippen LogP contribution is 2.29. The first-order valence-corrected chi connectivity index (χ1v) is 8.51. The Kier molecular flexibility index (Phi) is 4.79. The van der Waals surface area contributed by atoms with Crippen molar-refractivity contribution < 1.29 is 0 Å². The molecule has 1 fully saturated rings. The van der Waals surface area contributed by atoms with Crippen molar-refractivity contribution in [3.8, 4) is 0 Å². The van der Waals surface area contributed by atoms with Crippen LogP contribution >= 0.6 is 0 Å². The van der Waals surface area contributed by atoms with Gasteiger partial charge in [0.1, 0.15) is 5.82 Å². The van der Waals surface area contributed by atoms with Gasteiger partial charge in [-0.3, -0.25) is 0 Å². The number of nitrogens with zero attached hydrogens (tertiary/aromatic N) is 4. The van der Waals surface area contributed by atoms with Crippen molar-refractivity contribution in [1.82, 2.24) is 9.97 Å². The first kappa shape index (κ1) is 15.8. The molecule has 1 aliphatic rings. The van der Waals surface area contributed by atoms with Gasteiger partial charge in [-0.25, -0.2) is 4.98 Å². The summed E-state index contributed by atoms with van der Waals surface area (Å²) >= 11 is 0. The Hall–Kier alpha value is -2.10. The lowest BCUT2D eigenvalue weighted by Crippen LogP contribution is -2.35. The molecule has 2 heterocycles. The molecule has 4 heteroatoms. The molecule has 1 aromatic heterocycles. The Labute approximate surface area is 139 Å². The lowest BCUT2D eigenvalue weighted by Gasteiger charge is -2.34. The third-order valence-corrected chi connectivity index (χ3v) is 4.63. The molecular formula is C19H26N4. The molecule has 0 aliphatic carbocycles. The van der Waals surface area contributed by atoms with E-state index in [0.717, 1.165) is 31.3 Å². The molecule has 122 valence electrons. The van der Waals surface area contributed by atoms with Crippen molar-refractivity contribution in [2.75, 3.05) is 37.0 Å². The number of hydrogen-bond acceptors (Lipinski definition) is 4. The number of benzene rings is 1. The van der Waals surface area contributed by atoms with E-state index in [1.807, 2.05) is 31.3 Å². The standard InChI is InChI=1S/C19H26N4/c1-4-15-7-9-16(10-8-15)17-6-5-13-23(14-17)18-11-12-20-19(21-18)22(2)3/h7-12,17H,4-6,13-14H2,1-3H3. The van der Waals surface area contributed by atoms with Crippen LogP contribution in [0.1, 0.15) is 36.8 Å². The van der Waals surface area contributed by atoms with Crippen molar-refractivity contribution >= 4 is 11.8 Å². The van der Waals surface area contributed by atoms with Gasteiger partial charge in [-0.05, 0) is 36.5 Å². The number of aromatic nitrogens is 2. The first-order chi connectivity index (χ1) is 11.2. The number of aryl methyl sites for hydroxylation is 1. The quantitative estimate of drug-likeness (QED) is 0.865. The van der Waals surface area contributed by atoms with E-state index >= 15 is 0 Å². The van der Waals surface area contributed by atoms with Crippen molar-refractivity contribution in [3.63, 3.8) is 0 Å². The van der Waals surface area contributed by atoms with Crippen LogP contribution in [0.3, 0.4) is 0 Å². The van der Waals surface area contributed by atoms with Crippen LogP contribution in [0, 0.1) is 0 Å². The monoisotopic (exact) mass is 310 g/mol. The van der Waals surface area contributed by atoms with Gasteiger partial charge in [0.05, 0.1) is 0 Å². The predicted octanol–water partition coefficient (Wildman–Crippen LogP) is 3.49. The maximum Gasteiger partial charge on any atom is 0.226 e. The predicted molar refractivity (Wildman–Crippen MR) is 96.4 cm³/mol. The van der Waals surface area contributed by atoms with E-state index in [9.17, 15) is 0 Å². The molecule has 0 amide bonds. The SMILES string of the molecule is CCc1ccc(C2CCCN(c3ccnc(N(C)C)n3)C2)cc1. The Morgan fingerprint density at radius 3 is 2.65 bits per heavy atom. The van der Waals surface area contributed by atoms with Gasteiger partial charge in [0, 0.05) is 39.3 Å². The molecule has 1 aliphatic heterocycles. The fraction of sp³-hybridized carbons (Fsp3) is 0.474. The van der Waals surface area contributed by atoms with Crippen molar-refractivity contribution in [2.45, 2.75) is 32.1 Å². The van der Waals surface area contributed by atoms with Crippen LogP contribution in [-0.4, -0.2) is 37.2 Å². The van der Waals surface area contributed by atoms with Crippen molar-refractivity contribution in [3.05, 3.63) is 47.7 Å². The highest BCUT2D eigenvalue weighted by atomic mass is 15.3. The van der Waals surface area contributed by atoms with Crippen LogP contribution in [-0.2, 0) is 6.42 Å². The Balaban J connectivity index is 1.76.